The lowest BCUT2D eigenvalue weighted by Crippen LogP contribution is -2.37. The number of likely N-dealkylation sites (N-methyl/N-ethyl adjacent to an activating group) is 2. The van der Waals surface area contributed by atoms with Crippen LogP contribution in [-0.2, 0) is 46.2 Å². The zero-order valence-electron chi connectivity index (χ0n) is 59.8. The Kier molecular flexibility index (Phi) is 64.3. The lowest BCUT2D eigenvalue weighted by molar-refractivity contribution is -0.870. The van der Waals surface area contributed by atoms with Crippen LogP contribution < -0.4 is 0 Å². The normalized spacial score (nSPS) is 14.4. The molecule has 0 aliphatic heterocycles. The minimum absolute atomic E-state index is 0.0167. The Bertz CT molecular complexity index is 1400. The van der Waals surface area contributed by atoms with Crippen molar-refractivity contribution in [2.75, 3.05) is 121 Å². The number of hydrogen-bond acceptors (Lipinski definition) is 10. The summed E-state index contributed by atoms with van der Waals surface area (Å²) >= 11 is 0. The average Bonchev–Trinajstić information content (AvgIpc) is 3.55. The van der Waals surface area contributed by atoms with Gasteiger partial charge in [0.05, 0.1) is 68.7 Å². The van der Waals surface area contributed by atoms with E-state index in [0.717, 1.165) is 38.5 Å². The molecule has 0 aromatic heterocycles. The fourth-order valence-electron chi connectivity index (χ4n) is 11.0. The highest BCUT2D eigenvalue weighted by Crippen LogP contribution is 2.44. The van der Waals surface area contributed by atoms with Crippen molar-refractivity contribution in [1.82, 2.24) is 0 Å². The molecule has 2 unspecified atom stereocenters. The first kappa shape index (κ1) is 88.0. The molecule has 0 saturated carbocycles. The molecule has 0 aliphatic rings. The van der Waals surface area contributed by atoms with Crippen LogP contribution in [0.5, 0.6) is 0 Å². The fourth-order valence-corrected chi connectivity index (χ4v) is 12.5. The standard InChI is InChI=1S/C72H150N2O12P2/c1-9-11-13-15-17-19-21-41-45-49-53-57-63-81-71(69-85-87(75,76)83-65-59-73(3,4)5)67-79-61-55-51-47-43-39-37-35-33-31-29-27-25-23-24-26-28-30-32-34-36-38-40-44-48-52-56-62-80-68-72(70-86-88(77,78)84-66-60-74(6,7)8)82-64-58-54-50-46-42-22-20-18-16-14-12-10-2/h71-72H,9-70H2,1-8H3/p+2/t71-,72-/m1/s1. The summed E-state index contributed by atoms with van der Waals surface area (Å²) in [5.74, 6) is 0. The van der Waals surface area contributed by atoms with E-state index in [-0.39, 0.29) is 26.4 Å². The number of unbranched alkanes of at least 4 members (excludes halogenated alkanes) is 47. The van der Waals surface area contributed by atoms with E-state index in [1.54, 1.807) is 0 Å². The number of phosphoric acid groups is 2. The quantitative estimate of drug-likeness (QED) is 0.0339. The summed E-state index contributed by atoms with van der Waals surface area (Å²) < 4.78 is 72.0. The molecular weight excluding hydrogens is 1150 g/mol. The summed E-state index contributed by atoms with van der Waals surface area (Å²) in [4.78, 5) is 20.6. The first-order valence-corrected chi connectivity index (χ1v) is 40.7. The number of rotatable bonds is 75. The molecule has 0 spiro atoms. The Morgan fingerprint density at radius 2 is 0.455 bits per heavy atom. The van der Waals surface area contributed by atoms with Crippen LogP contribution in [0.4, 0.5) is 0 Å². The van der Waals surface area contributed by atoms with Gasteiger partial charge in [-0.15, -0.1) is 0 Å². The Labute approximate surface area is 546 Å². The Morgan fingerprint density at radius 1 is 0.261 bits per heavy atom. The van der Waals surface area contributed by atoms with Gasteiger partial charge in [0.1, 0.15) is 38.5 Å². The summed E-state index contributed by atoms with van der Waals surface area (Å²) in [6.45, 7) is 9.31. The molecule has 0 heterocycles. The summed E-state index contributed by atoms with van der Waals surface area (Å²) in [7, 11) is 3.79. The maximum Gasteiger partial charge on any atom is 0.472 e. The monoisotopic (exact) mass is 1300 g/mol. The van der Waals surface area contributed by atoms with Gasteiger partial charge in [-0.1, -0.05) is 309 Å². The van der Waals surface area contributed by atoms with Crippen LogP contribution in [0, 0.1) is 0 Å². The van der Waals surface area contributed by atoms with Crippen LogP contribution >= 0.6 is 15.6 Å². The number of hydrogen-bond donors (Lipinski definition) is 2. The van der Waals surface area contributed by atoms with Gasteiger partial charge in [-0.3, -0.25) is 18.1 Å². The van der Waals surface area contributed by atoms with E-state index >= 15 is 0 Å². The van der Waals surface area contributed by atoms with Gasteiger partial charge in [-0.05, 0) is 25.7 Å². The second-order valence-electron chi connectivity index (χ2n) is 28.3. The summed E-state index contributed by atoms with van der Waals surface area (Å²) in [6.07, 6.45) is 64.6. The Hall–Kier alpha value is -0.0200. The molecule has 0 saturated heterocycles. The highest BCUT2D eigenvalue weighted by Gasteiger charge is 2.27. The third-order valence-corrected chi connectivity index (χ3v) is 19.0. The zero-order valence-corrected chi connectivity index (χ0v) is 61.5. The fraction of sp³-hybridized carbons (Fsp3) is 1.00. The first-order valence-electron chi connectivity index (χ1n) is 37.7. The molecule has 0 aliphatic carbocycles. The van der Waals surface area contributed by atoms with Crippen LogP contribution in [-0.4, -0.2) is 152 Å². The topological polar surface area (TPSA) is 148 Å². The largest absolute Gasteiger partial charge is 0.472 e. The maximum atomic E-state index is 12.6. The van der Waals surface area contributed by atoms with Crippen molar-refractivity contribution in [3.05, 3.63) is 0 Å². The van der Waals surface area contributed by atoms with Crippen molar-refractivity contribution in [2.45, 2.75) is 347 Å². The Morgan fingerprint density at radius 3 is 0.659 bits per heavy atom. The molecule has 0 rings (SSSR count). The maximum absolute atomic E-state index is 12.6. The number of quaternary nitrogens is 2. The average molecular weight is 1300 g/mol. The van der Waals surface area contributed by atoms with E-state index in [0.29, 0.717) is 61.7 Å². The zero-order chi connectivity index (χ0) is 64.7. The minimum Gasteiger partial charge on any atom is -0.379 e. The van der Waals surface area contributed by atoms with Gasteiger partial charge < -0.3 is 37.7 Å². The SMILES string of the molecule is CCCCCCCCCCCCCCO[C@H](COCCCCCCCCCCCCCCCCCCCCCCCCCCCCOC[C@H](COP(=O)(O)OCC[N+](C)(C)C)OCCCCCCCCCCCCCC)COP(=O)(O)OCC[N+](C)(C)C. The Balaban J connectivity index is 3.90. The molecule has 0 bridgehead atoms. The lowest BCUT2D eigenvalue weighted by Gasteiger charge is -2.24. The van der Waals surface area contributed by atoms with E-state index in [4.69, 9.17) is 37.0 Å². The number of ether oxygens (including phenoxy) is 4. The van der Waals surface area contributed by atoms with Crippen molar-refractivity contribution >= 4 is 15.6 Å². The second-order valence-corrected chi connectivity index (χ2v) is 31.2. The molecule has 16 heteroatoms. The van der Waals surface area contributed by atoms with Gasteiger partial charge in [0.25, 0.3) is 0 Å². The van der Waals surface area contributed by atoms with Crippen LogP contribution in [0.15, 0.2) is 0 Å². The van der Waals surface area contributed by atoms with Crippen LogP contribution in [0.2, 0.25) is 0 Å². The molecule has 530 valence electrons. The van der Waals surface area contributed by atoms with Crippen LogP contribution in [0.3, 0.4) is 0 Å². The smallest absolute Gasteiger partial charge is 0.379 e. The molecular formula is C72H152N2O12P2+2. The van der Waals surface area contributed by atoms with E-state index < -0.39 is 27.9 Å². The molecule has 88 heavy (non-hydrogen) atoms. The van der Waals surface area contributed by atoms with Crippen molar-refractivity contribution in [1.29, 1.82) is 0 Å². The third-order valence-electron chi connectivity index (χ3n) is 17.0. The van der Waals surface area contributed by atoms with E-state index in [9.17, 15) is 18.9 Å². The van der Waals surface area contributed by atoms with Gasteiger partial charge in [0, 0.05) is 26.4 Å². The molecule has 4 atom stereocenters. The lowest BCUT2D eigenvalue weighted by atomic mass is 10.0. The predicted octanol–water partition coefficient (Wildman–Crippen LogP) is 21.0. The van der Waals surface area contributed by atoms with Crippen molar-refractivity contribution in [3.63, 3.8) is 0 Å². The molecule has 0 aromatic carbocycles. The highest BCUT2D eigenvalue weighted by molar-refractivity contribution is 7.47. The molecule has 2 N–H and O–H groups in total. The minimum atomic E-state index is -4.16. The van der Waals surface area contributed by atoms with Crippen LogP contribution in [0.25, 0.3) is 0 Å². The first-order chi connectivity index (χ1) is 42.5. The van der Waals surface area contributed by atoms with Crippen molar-refractivity contribution in [3.8, 4) is 0 Å². The van der Waals surface area contributed by atoms with E-state index in [1.165, 1.54) is 283 Å². The number of nitrogens with zero attached hydrogens (tertiary/aromatic N) is 2. The predicted molar refractivity (Wildman–Crippen MR) is 373 cm³/mol. The van der Waals surface area contributed by atoms with Crippen molar-refractivity contribution in [2.24, 2.45) is 0 Å². The van der Waals surface area contributed by atoms with E-state index in [1.807, 2.05) is 42.3 Å². The van der Waals surface area contributed by atoms with Gasteiger partial charge in [0.15, 0.2) is 0 Å². The van der Waals surface area contributed by atoms with Gasteiger partial charge in [-0.25, -0.2) is 9.13 Å². The van der Waals surface area contributed by atoms with Gasteiger partial charge >= 0.3 is 15.6 Å². The molecule has 0 radical (unpaired) electrons. The molecule has 0 amide bonds. The van der Waals surface area contributed by atoms with Crippen LogP contribution in [0.1, 0.15) is 335 Å². The third kappa shape index (κ3) is 71.8. The molecule has 0 fully saturated rings. The summed E-state index contributed by atoms with van der Waals surface area (Å²) in [5, 5.41) is 0. The molecule has 0 aromatic rings. The number of phosphoric ester groups is 2. The summed E-state index contributed by atoms with van der Waals surface area (Å²) in [6, 6.07) is 0. The second kappa shape index (κ2) is 64.3. The van der Waals surface area contributed by atoms with E-state index in [2.05, 4.69) is 13.8 Å². The van der Waals surface area contributed by atoms with Gasteiger partial charge in [-0.2, -0.15) is 0 Å². The van der Waals surface area contributed by atoms with Gasteiger partial charge in [0.2, 0.25) is 0 Å². The van der Waals surface area contributed by atoms with Crippen molar-refractivity contribution < 1.29 is 64.9 Å². The molecule has 14 nitrogen and oxygen atoms in total. The summed E-state index contributed by atoms with van der Waals surface area (Å²) in [5.41, 5.74) is 0. The highest BCUT2D eigenvalue weighted by atomic mass is 31.2.